The zero-order valence-corrected chi connectivity index (χ0v) is 10.6. The van der Waals surface area contributed by atoms with Crippen molar-refractivity contribution in [2.45, 2.75) is 31.3 Å². The number of benzene rings is 1. The number of carbonyl (C=O) groups is 2. The molecular formula is C14H15FN2O2. The smallest absolute Gasteiger partial charge is 0.246 e. The first kappa shape index (κ1) is 12.3. The summed E-state index contributed by atoms with van der Waals surface area (Å²) in [6.45, 7) is 0. The third-order valence-corrected chi connectivity index (χ3v) is 4.00. The Hall–Kier alpha value is -1.75. The third-order valence-electron chi connectivity index (χ3n) is 4.00. The lowest BCUT2D eigenvalue weighted by Gasteiger charge is -2.18. The highest BCUT2D eigenvalue weighted by Gasteiger charge is 2.38. The monoisotopic (exact) mass is 262 g/mol. The van der Waals surface area contributed by atoms with Crippen molar-refractivity contribution in [2.24, 2.45) is 0 Å². The van der Waals surface area contributed by atoms with Gasteiger partial charge >= 0.3 is 0 Å². The molecular weight excluding hydrogens is 247 g/mol. The summed E-state index contributed by atoms with van der Waals surface area (Å²) in [5, 5.41) is 3.19. The van der Waals surface area contributed by atoms with E-state index in [1.807, 2.05) is 6.07 Å². The number of nitrogens with zero attached hydrogens (tertiary/aromatic N) is 1. The largest absolute Gasteiger partial charge is 0.298 e. The van der Waals surface area contributed by atoms with Crippen LogP contribution in [-0.4, -0.2) is 29.8 Å². The minimum Gasteiger partial charge on any atom is -0.298 e. The predicted molar refractivity (Wildman–Crippen MR) is 66.8 cm³/mol. The molecule has 1 aliphatic carbocycles. The number of hydrogen-bond acceptors (Lipinski definition) is 3. The number of imide groups is 1. The van der Waals surface area contributed by atoms with Crippen molar-refractivity contribution in [1.82, 2.24) is 10.2 Å². The fraction of sp³-hybridized carbons (Fsp3) is 0.429. The molecule has 0 saturated carbocycles. The molecule has 1 aromatic carbocycles. The van der Waals surface area contributed by atoms with Crippen LogP contribution in [0.3, 0.4) is 0 Å². The first-order valence-electron chi connectivity index (χ1n) is 6.41. The van der Waals surface area contributed by atoms with Crippen LogP contribution in [0.5, 0.6) is 0 Å². The second-order valence-electron chi connectivity index (χ2n) is 5.11. The van der Waals surface area contributed by atoms with E-state index in [2.05, 4.69) is 5.32 Å². The van der Waals surface area contributed by atoms with E-state index in [9.17, 15) is 14.0 Å². The molecule has 0 spiro atoms. The maximum atomic E-state index is 13.6. The number of amides is 2. The summed E-state index contributed by atoms with van der Waals surface area (Å²) in [4.78, 5) is 24.5. The number of carbonyl (C=O) groups excluding carboxylic acids is 2. The number of halogens is 1. The lowest BCUT2D eigenvalue weighted by Crippen LogP contribution is -2.38. The van der Waals surface area contributed by atoms with Gasteiger partial charge in [-0.3, -0.25) is 19.8 Å². The molecule has 3 rings (SSSR count). The Kier molecular flexibility index (Phi) is 2.86. The van der Waals surface area contributed by atoms with Gasteiger partial charge in [-0.15, -0.1) is 0 Å². The molecule has 0 radical (unpaired) electrons. The van der Waals surface area contributed by atoms with Gasteiger partial charge in [0.15, 0.2) is 0 Å². The van der Waals surface area contributed by atoms with Gasteiger partial charge in [0.1, 0.15) is 5.82 Å². The second-order valence-corrected chi connectivity index (χ2v) is 5.11. The molecule has 0 aromatic heterocycles. The molecule has 1 heterocycles. The van der Waals surface area contributed by atoms with E-state index < -0.39 is 6.04 Å². The van der Waals surface area contributed by atoms with Crippen LogP contribution in [0, 0.1) is 5.82 Å². The Balaban J connectivity index is 1.79. The van der Waals surface area contributed by atoms with Crippen molar-refractivity contribution in [3.63, 3.8) is 0 Å². The van der Waals surface area contributed by atoms with Crippen LogP contribution < -0.4 is 5.32 Å². The molecule has 1 N–H and O–H groups in total. The third kappa shape index (κ3) is 1.94. The Morgan fingerprint density at radius 2 is 2.11 bits per heavy atom. The quantitative estimate of drug-likeness (QED) is 0.814. The van der Waals surface area contributed by atoms with E-state index in [1.165, 1.54) is 13.1 Å². The van der Waals surface area contributed by atoms with Gasteiger partial charge in [-0.05, 0) is 30.0 Å². The highest BCUT2D eigenvalue weighted by atomic mass is 19.1. The Labute approximate surface area is 110 Å². The number of rotatable bonds is 2. The summed E-state index contributed by atoms with van der Waals surface area (Å²) in [5.41, 5.74) is 1.64. The fourth-order valence-electron chi connectivity index (χ4n) is 2.91. The zero-order valence-electron chi connectivity index (χ0n) is 10.6. The summed E-state index contributed by atoms with van der Waals surface area (Å²) < 4.78 is 13.6. The van der Waals surface area contributed by atoms with Gasteiger partial charge in [-0.1, -0.05) is 12.1 Å². The molecule has 2 atom stereocenters. The molecule has 100 valence electrons. The van der Waals surface area contributed by atoms with Crippen LogP contribution in [-0.2, 0) is 16.0 Å². The van der Waals surface area contributed by atoms with Gasteiger partial charge in [-0.2, -0.15) is 0 Å². The van der Waals surface area contributed by atoms with Crippen molar-refractivity contribution in [1.29, 1.82) is 0 Å². The number of hydrogen-bond donors (Lipinski definition) is 1. The molecule has 4 nitrogen and oxygen atoms in total. The number of fused-ring (bicyclic) bond motifs is 1. The van der Waals surface area contributed by atoms with Gasteiger partial charge in [0.2, 0.25) is 11.8 Å². The second kappa shape index (κ2) is 4.42. The van der Waals surface area contributed by atoms with E-state index in [-0.39, 0.29) is 30.1 Å². The fourth-order valence-corrected chi connectivity index (χ4v) is 2.91. The Bertz CT molecular complexity index is 558. The van der Waals surface area contributed by atoms with Crippen molar-refractivity contribution in [3.05, 3.63) is 35.1 Å². The topological polar surface area (TPSA) is 49.4 Å². The van der Waals surface area contributed by atoms with Crippen molar-refractivity contribution < 1.29 is 14.0 Å². The molecule has 2 amide bonds. The summed E-state index contributed by atoms with van der Waals surface area (Å²) in [7, 11) is 1.49. The van der Waals surface area contributed by atoms with Gasteiger partial charge in [0.25, 0.3) is 0 Å². The maximum absolute atomic E-state index is 13.6. The summed E-state index contributed by atoms with van der Waals surface area (Å²) >= 11 is 0. The van der Waals surface area contributed by atoms with Crippen LogP contribution in [0.1, 0.15) is 30.0 Å². The number of likely N-dealkylation sites (tertiary alicyclic amines) is 1. The number of likely N-dealkylation sites (N-methyl/N-ethyl adjacent to an activating group) is 1. The lowest BCUT2D eigenvalue weighted by atomic mass is 10.1. The Morgan fingerprint density at radius 1 is 1.32 bits per heavy atom. The zero-order chi connectivity index (χ0) is 13.6. The standard InChI is InChI=1S/C14H15FN2O2/c1-17-13(18)7-12(14(17)19)16-11-6-5-8-9(11)3-2-4-10(8)15/h2-4,11-12,16H,5-7H2,1H3. The van der Waals surface area contributed by atoms with Crippen LogP contribution in [0.4, 0.5) is 4.39 Å². The van der Waals surface area contributed by atoms with Crippen molar-refractivity contribution >= 4 is 11.8 Å². The van der Waals surface area contributed by atoms with E-state index >= 15 is 0 Å². The predicted octanol–water partition coefficient (Wildman–Crippen LogP) is 1.16. The minimum absolute atomic E-state index is 0.0426. The van der Waals surface area contributed by atoms with Crippen molar-refractivity contribution in [2.75, 3.05) is 7.05 Å². The Morgan fingerprint density at radius 3 is 2.79 bits per heavy atom. The molecule has 2 unspecified atom stereocenters. The normalized spacial score (nSPS) is 26.1. The molecule has 1 aromatic rings. The molecule has 1 fully saturated rings. The first-order chi connectivity index (χ1) is 9.08. The maximum Gasteiger partial charge on any atom is 0.246 e. The molecule has 2 aliphatic rings. The van der Waals surface area contributed by atoms with E-state index in [1.54, 1.807) is 6.07 Å². The lowest BCUT2D eigenvalue weighted by molar-refractivity contribution is -0.137. The van der Waals surface area contributed by atoms with E-state index in [4.69, 9.17) is 0 Å². The average Bonchev–Trinajstić information content (AvgIpc) is 2.90. The van der Waals surface area contributed by atoms with Gasteiger partial charge in [0, 0.05) is 13.1 Å². The molecule has 1 aliphatic heterocycles. The van der Waals surface area contributed by atoms with Gasteiger partial charge in [0.05, 0.1) is 12.5 Å². The van der Waals surface area contributed by atoms with E-state index in [0.717, 1.165) is 22.4 Å². The van der Waals surface area contributed by atoms with Crippen LogP contribution in [0.15, 0.2) is 18.2 Å². The van der Waals surface area contributed by atoms with Gasteiger partial charge in [-0.25, -0.2) is 4.39 Å². The first-order valence-corrected chi connectivity index (χ1v) is 6.41. The van der Waals surface area contributed by atoms with Crippen molar-refractivity contribution in [3.8, 4) is 0 Å². The molecule has 19 heavy (non-hydrogen) atoms. The van der Waals surface area contributed by atoms with E-state index in [0.29, 0.717) is 6.42 Å². The molecule has 5 heteroatoms. The molecule has 0 bridgehead atoms. The highest BCUT2D eigenvalue weighted by Crippen LogP contribution is 2.33. The number of nitrogens with one attached hydrogen (secondary N) is 1. The van der Waals surface area contributed by atoms with Gasteiger partial charge < -0.3 is 0 Å². The summed E-state index contributed by atoms with van der Waals surface area (Å²) in [5.74, 6) is -0.553. The summed E-state index contributed by atoms with van der Waals surface area (Å²) in [6.07, 6.45) is 1.62. The van der Waals surface area contributed by atoms with Crippen LogP contribution in [0.2, 0.25) is 0 Å². The van der Waals surface area contributed by atoms with Crippen LogP contribution in [0.25, 0.3) is 0 Å². The molecule has 1 saturated heterocycles. The summed E-state index contributed by atoms with van der Waals surface area (Å²) in [6, 6.07) is 4.51. The highest BCUT2D eigenvalue weighted by molar-refractivity contribution is 6.05. The van der Waals surface area contributed by atoms with Crippen LogP contribution >= 0.6 is 0 Å². The minimum atomic E-state index is -0.475. The average molecular weight is 262 g/mol. The SMILES string of the molecule is CN1C(=O)CC(NC2CCc3c(F)cccc32)C1=O.